The van der Waals surface area contributed by atoms with Gasteiger partial charge in [-0.15, -0.1) is 0 Å². The Hall–Kier alpha value is -0.330. The van der Waals surface area contributed by atoms with Gasteiger partial charge >= 0.3 is 0 Å². The van der Waals surface area contributed by atoms with E-state index in [0.29, 0.717) is 12.8 Å². The zero-order valence-electron chi connectivity index (χ0n) is 4.79. The summed E-state index contributed by atoms with van der Waals surface area (Å²) in [5, 5.41) is 0. The lowest BCUT2D eigenvalue weighted by Gasteiger charge is -1.82. The van der Waals surface area contributed by atoms with Gasteiger partial charge in [0.15, 0.2) is 0 Å². The van der Waals surface area contributed by atoms with Crippen molar-refractivity contribution in [3.63, 3.8) is 0 Å². The molecule has 7 heavy (non-hydrogen) atoms. The van der Waals surface area contributed by atoms with E-state index in [1.165, 1.54) is 0 Å². The van der Waals surface area contributed by atoms with Crippen LogP contribution >= 0.6 is 0 Å². The standard InChI is InChI=1S/C6H10F/c1-3-5-6(7)4-2/h3-4H2,1-2H3. The Labute approximate surface area is 44.0 Å². The lowest BCUT2D eigenvalue weighted by atomic mass is 10.3. The number of hydrogen-bond donors (Lipinski definition) is 0. The van der Waals surface area contributed by atoms with Crippen LogP contribution in [-0.4, -0.2) is 0 Å². The van der Waals surface area contributed by atoms with Crippen LogP contribution < -0.4 is 0 Å². The van der Waals surface area contributed by atoms with Gasteiger partial charge in [-0.1, -0.05) is 13.8 Å². The number of hydrogen-bond acceptors (Lipinski definition) is 0. The molecule has 1 heteroatoms. The van der Waals surface area contributed by atoms with Crippen molar-refractivity contribution in [1.29, 1.82) is 0 Å². The van der Waals surface area contributed by atoms with Crippen LogP contribution in [0.1, 0.15) is 26.7 Å². The topological polar surface area (TPSA) is 0 Å². The molecule has 0 aromatic carbocycles. The molecule has 0 rings (SSSR count). The maximum Gasteiger partial charge on any atom is 0.103 e. The highest BCUT2D eigenvalue weighted by molar-refractivity contribution is 4.81. The molecular formula is C6H10F. The van der Waals surface area contributed by atoms with Gasteiger partial charge < -0.3 is 0 Å². The molecule has 0 atom stereocenters. The van der Waals surface area contributed by atoms with Crippen LogP contribution in [0.4, 0.5) is 4.39 Å². The first-order valence-electron chi connectivity index (χ1n) is 2.56. The molecule has 0 spiro atoms. The van der Waals surface area contributed by atoms with Gasteiger partial charge in [0.05, 0.1) is 0 Å². The Balaban J connectivity index is 3.29. The second-order valence-electron chi connectivity index (χ2n) is 1.29. The summed E-state index contributed by atoms with van der Waals surface area (Å²) in [6, 6.07) is 0. The smallest absolute Gasteiger partial charge is 0.103 e. The van der Waals surface area contributed by atoms with Gasteiger partial charge in [-0.25, -0.2) is 4.39 Å². The average molecular weight is 101 g/mol. The molecule has 0 heterocycles. The summed E-state index contributed by atoms with van der Waals surface area (Å²) >= 11 is 0. The Morgan fingerprint density at radius 2 is 2.14 bits per heavy atom. The summed E-state index contributed by atoms with van der Waals surface area (Å²) in [6.45, 7) is 3.65. The summed E-state index contributed by atoms with van der Waals surface area (Å²) in [5.74, 6) is -0.123. The molecule has 0 bridgehead atoms. The number of rotatable bonds is 2. The third-order valence-corrected chi connectivity index (χ3v) is 0.679. The third-order valence-electron chi connectivity index (χ3n) is 0.679. The van der Waals surface area contributed by atoms with Gasteiger partial charge in [-0.05, 0) is 18.9 Å². The van der Waals surface area contributed by atoms with Crippen molar-refractivity contribution in [2.45, 2.75) is 26.7 Å². The van der Waals surface area contributed by atoms with Crippen molar-refractivity contribution < 1.29 is 4.39 Å². The Morgan fingerprint density at radius 3 is 2.29 bits per heavy atom. The molecule has 1 radical (unpaired) electrons. The number of allylic oxidation sites excluding steroid dienone is 2. The van der Waals surface area contributed by atoms with Gasteiger partial charge in [0.1, 0.15) is 5.83 Å². The van der Waals surface area contributed by atoms with Crippen LogP contribution in [0.15, 0.2) is 5.83 Å². The lowest BCUT2D eigenvalue weighted by Crippen LogP contribution is -1.66. The van der Waals surface area contributed by atoms with Crippen molar-refractivity contribution in [2.75, 3.05) is 0 Å². The Kier molecular flexibility index (Phi) is 3.67. The Morgan fingerprint density at radius 1 is 1.57 bits per heavy atom. The van der Waals surface area contributed by atoms with Crippen LogP contribution in [0.5, 0.6) is 0 Å². The van der Waals surface area contributed by atoms with E-state index in [1.54, 1.807) is 6.92 Å². The van der Waals surface area contributed by atoms with Crippen LogP contribution in [-0.2, 0) is 0 Å². The van der Waals surface area contributed by atoms with E-state index in [9.17, 15) is 4.39 Å². The zero-order chi connectivity index (χ0) is 5.70. The molecule has 0 amide bonds. The molecule has 0 aliphatic heterocycles. The van der Waals surface area contributed by atoms with E-state index in [-0.39, 0.29) is 5.83 Å². The first-order valence-corrected chi connectivity index (χ1v) is 2.56. The van der Waals surface area contributed by atoms with Gasteiger partial charge in [-0.2, -0.15) is 0 Å². The van der Waals surface area contributed by atoms with Crippen molar-refractivity contribution >= 4 is 0 Å². The fourth-order valence-corrected chi connectivity index (χ4v) is 0.317. The van der Waals surface area contributed by atoms with Crippen molar-refractivity contribution in [3.8, 4) is 0 Å². The molecule has 0 aromatic heterocycles. The molecule has 0 fully saturated rings. The Bertz CT molecular complexity index is 64.6. The molecule has 0 N–H and O–H groups in total. The van der Waals surface area contributed by atoms with E-state index >= 15 is 0 Å². The van der Waals surface area contributed by atoms with Gasteiger partial charge in [0.25, 0.3) is 0 Å². The number of halogens is 1. The summed E-state index contributed by atoms with van der Waals surface area (Å²) in [6.07, 6.45) is 3.71. The van der Waals surface area contributed by atoms with E-state index < -0.39 is 0 Å². The van der Waals surface area contributed by atoms with E-state index in [1.807, 2.05) is 6.92 Å². The molecule has 41 valence electrons. The monoisotopic (exact) mass is 101 g/mol. The molecule has 0 saturated heterocycles. The molecule has 0 nitrogen and oxygen atoms in total. The third kappa shape index (κ3) is 3.50. The SMILES string of the molecule is CC/[C]=C(\F)CC. The fraction of sp³-hybridized carbons (Fsp3) is 0.667. The van der Waals surface area contributed by atoms with Crippen LogP contribution in [0, 0.1) is 6.08 Å². The molecule has 0 aliphatic carbocycles. The second-order valence-corrected chi connectivity index (χ2v) is 1.29. The highest BCUT2D eigenvalue weighted by atomic mass is 19.1. The largest absolute Gasteiger partial charge is 0.212 e. The minimum absolute atomic E-state index is 0.123. The maximum atomic E-state index is 11.9. The highest BCUT2D eigenvalue weighted by Gasteiger charge is 1.83. The van der Waals surface area contributed by atoms with Crippen molar-refractivity contribution in [1.82, 2.24) is 0 Å². The van der Waals surface area contributed by atoms with Gasteiger partial charge in [0, 0.05) is 0 Å². The van der Waals surface area contributed by atoms with Crippen LogP contribution in [0.2, 0.25) is 0 Å². The first kappa shape index (κ1) is 6.67. The minimum Gasteiger partial charge on any atom is -0.212 e. The first-order chi connectivity index (χ1) is 3.31. The van der Waals surface area contributed by atoms with Gasteiger partial charge in [-0.3, -0.25) is 0 Å². The molecule has 0 aliphatic rings. The highest BCUT2D eigenvalue weighted by Crippen LogP contribution is 2.00. The second kappa shape index (κ2) is 3.85. The molecule has 0 aromatic rings. The van der Waals surface area contributed by atoms with Gasteiger partial charge in [0.2, 0.25) is 0 Å². The normalized spacial score (nSPS) is 12.1. The summed E-state index contributed by atoms with van der Waals surface area (Å²) in [4.78, 5) is 0. The minimum atomic E-state index is -0.123. The fourth-order valence-electron chi connectivity index (χ4n) is 0.317. The zero-order valence-corrected chi connectivity index (χ0v) is 4.79. The summed E-state index contributed by atoms with van der Waals surface area (Å²) in [7, 11) is 0. The molecule has 0 saturated carbocycles. The predicted octanol–water partition coefficient (Wildman–Crippen LogP) is 2.46. The van der Waals surface area contributed by atoms with Crippen LogP contribution in [0.3, 0.4) is 0 Å². The average Bonchev–Trinajstić information content (AvgIpc) is 1.68. The summed E-state index contributed by atoms with van der Waals surface area (Å²) in [5.41, 5.74) is 0. The van der Waals surface area contributed by atoms with Crippen molar-refractivity contribution in [3.05, 3.63) is 11.9 Å². The van der Waals surface area contributed by atoms with E-state index in [4.69, 9.17) is 0 Å². The lowest BCUT2D eigenvalue weighted by molar-refractivity contribution is 0.593. The summed E-state index contributed by atoms with van der Waals surface area (Å²) < 4.78 is 11.9. The predicted molar refractivity (Wildman–Crippen MR) is 28.4 cm³/mol. The van der Waals surface area contributed by atoms with E-state index in [0.717, 1.165) is 0 Å². The maximum absolute atomic E-state index is 11.9. The molecular weight excluding hydrogens is 91.1 g/mol. The quantitative estimate of drug-likeness (QED) is 0.501. The molecule has 0 unspecified atom stereocenters. The van der Waals surface area contributed by atoms with Crippen molar-refractivity contribution in [2.24, 2.45) is 0 Å². The van der Waals surface area contributed by atoms with E-state index in [2.05, 4.69) is 6.08 Å². The van der Waals surface area contributed by atoms with Crippen LogP contribution in [0.25, 0.3) is 0 Å².